The summed E-state index contributed by atoms with van der Waals surface area (Å²) in [6.07, 6.45) is 3.63. The number of fused-ring (bicyclic) bond motifs is 1. The van der Waals surface area contributed by atoms with Crippen LogP contribution >= 0.6 is 0 Å². The van der Waals surface area contributed by atoms with Gasteiger partial charge in [0.05, 0.1) is 6.61 Å². The fourth-order valence-corrected chi connectivity index (χ4v) is 3.09. The number of ether oxygens (including phenoxy) is 3. The third-order valence-electron chi connectivity index (χ3n) is 4.06. The molecule has 0 saturated carbocycles. The van der Waals surface area contributed by atoms with E-state index in [0.29, 0.717) is 25.7 Å². The van der Waals surface area contributed by atoms with E-state index in [0.717, 1.165) is 36.6 Å². The van der Waals surface area contributed by atoms with E-state index in [2.05, 4.69) is 17.4 Å². The molecule has 4 nitrogen and oxygen atoms in total. The van der Waals surface area contributed by atoms with Crippen LogP contribution in [0.1, 0.15) is 24.0 Å². The molecule has 4 heteroatoms. The number of methoxy groups -OCH3 is 1. The maximum atomic E-state index is 5.88. The lowest BCUT2D eigenvalue weighted by molar-refractivity contribution is 0.151. The van der Waals surface area contributed by atoms with Gasteiger partial charge in [0.25, 0.3) is 0 Å². The van der Waals surface area contributed by atoms with Crippen LogP contribution in [0.4, 0.5) is 0 Å². The van der Waals surface area contributed by atoms with E-state index in [-0.39, 0.29) is 0 Å². The van der Waals surface area contributed by atoms with Crippen molar-refractivity contribution in [3.05, 3.63) is 23.3 Å². The monoisotopic (exact) mass is 277 g/mol. The van der Waals surface area contributed by atoms with Crippen molar-refractivity contribution in [1.29, 1.82) is 0 Å². The van der Waals surface area contributed by atoms with Crippen molar-refractivity contribution in [2.24, 2.45) is 5.92 Å². The number of rotatable bonds is 4. The molecule has 0 aliphatic carbocycles. The zero-order valence-electron chi connectivity index (χ0n) is 12.1. The smallest absolute Gasteiger partial charge is 0.167 e. The Hall–Kier alpha value is -1.26. The van der Waals surface area contributed by atoms with Crippen molar-refractivity contribution in [3.63, 3.8) is 0 Å². The average molecular weight is 277 g/mol. The number of nitrogens with one attached hydrogen (secondary N) is 1. The first kappa shape index (κ1) is 13.7. The molecule has 110 valence electrons. The summed E-state index contributed by atoms with van der Waals surface area (Å²) in [4.78, 5) is 0. The Morgan fingerprint density at radius 2 is 1.95 bits per heavy atom. The van der Waals surface area contributed by atoms with E-state index in [9.17, 15) is 0 Å². The lowest BCUT2D eigenvalue weighted by atomic mass is 9.91. The van der Waals surface area contributed by atoms with Gasteiger partial charge in [0.1, 0.15) is 13.2 Å². The third kappa shape index (κ3) is 2.91. The Labute approximate surface area is 120 Å². The molecule has 0 bridgehead atoms. The van der Waals surface area contributed by atoms with Crippen LogP contribution in [-0.2, 0) is 17.8 Å². The molecule has 2 aliphatic rings. The lowest BCUT2D eigenvalue weighted by Gasteiger charge is -2.27. The normalized spacial score (nSPS) is 21.8. The summed E-state index contributed by atoms with van der Waals surface area (Å²) in [5.74, 6) is 2.53. The van der Waals surface area contributed by atoms with Crippen LogP contribution in [0.15, 0.2) is 12.1 Å². The minimum absolute atomic E-state index is 0.566. The summed E-state index contributed by atoms with van der Waals surface area (Å²) in [7, 11) is 1.71. The van der Waals surface area contributed by atoms with E-state index >= 15 is 0 Å². The van der Waals surface area contributed by atoms with Crippen molar-refractivity contribution in [2.45, 2.75) is 25.9 Å². The minimum atomic E-state index is 0.566. The van der Waals surface area contributed by atoms with Crippen LogP contribution in [0.3, 0.4) is 0 Å². The van der Waals surface area contributed by atoms with E-state index in [1.54, 1.807) is 7.11 Å². The van der Waals surface area contributed by atoms with Gasteiger partial charge < -0.3 is 19.5 Å². The van der Waals surface area contributed by atoms with Gasteiger partial charge in [-0.1, -0.05) is 12.1 Å². The van der Waals surface area contributed by atoms with Crippen molar-refractivity contribution in [2.75, 3.05) is 33.4 Å². The highest BCUT2D eigenvalue weighted by atomic mass is 16.6. The Morgan fingerprint density at radius 1 is 1.20 bits per heavy atom. The molecular formula is C16H23NO3. The number of hydrogen-bond donors (Lipinski definition) is 1. The maximum absolute atomic E-state index is 5.88. The molecule has 1 atom stereocenters. The van der Waals surface area contributed by atoms with Crippen LogP contribution in [0.2, 0.25) is 0 Å². The molecule has 1 fully saturated rings. The van der Waals surface area contributed by atoms with Gasteiger partial charge in [-0.3, -0.25) is 0 Å². The molecule has 20 heavy (non-hydrogen) atoms. The quantitative estimate of drug-likeness (QED) is 0.915. The summed E-state index contributed by atoms with van der Waals surface area (Å²) in [5.41, 5.74) is 2.35. The highest BCUT2D eigenvalue weighted by Gasteiger charge is 2.22. The molecular weight excluding hydrogens is 254 g/mol. The standard InChI is InChI=1S/C16H23NO3/c1-18-11-14-5-4-13(9-12-3-2-6-17-10-12)15-16(14)20-8-7-19-15/h4-5,12,17H,2-3,6-11H2,1H3. The van der Waals surface area contributed by atoms with E-state index in [1.165, 1.54) is 18.4 Å². The average Bonchev–Trinajstić information content (AvgIpc) is 2.51. The first-order chi connectivity index (χ1) is 9.88. The van der Waals surface area contributed by atoms with Crippen LogP contribution in [0, 0.1) is 5.92 Å². The lowest BCUT2D eigenvalue weighted by Crippen LogP contribution is -2.31. The molecule has 1 unspecified atom stereocenters. The van der Waals surface area contributed by atoms with Crippen molar-refractivity contribution in [3.8, 4) is 11.5 Å². The van der Waals surface area contributed by atoms with Crippen LogP contribution in [-0.4, -0.2) is 33.4 Å². The molecule has 2 heterocycles. The van der Waals surface area contributed by atoms with Gasteiger partial charge >= 0.3 is 0 Å². The SMILES string of the molecule is COCc1ccc(CC2CCCNC2)c2c1OCCO2. The molecule has 0 radical (unpaired) electrons. The first-order valence-electron chi connectivity index (χ1n) is 7.48. The highest BCUT2D eigenvalue weighted by Crippen LogP contribution is 2.39. The molecule has 0 aromatic heterocycles. The van der Waals surface area contributed by atoms with Crippen LogP contribution in [0.5, 0.6) is 11.5 Å². The van der Waals surface area contributed by atoms with Gasteiger partial charge in [-0.25, -0.2) is 0 Å². The molecule has 2 aliphatic heterocycles. The van der Waals surface area contributed by atoms with Crippen molar-refractivity contribution >= 4 is 0 Å². The number of hydrogen-bond acceptors (Lipinski definition) is 4. The van der Waals surface area contributed by atoms with Crippen LogP contribution < -0.4 is 14.8 Å². The summed E-state index contributed by atoms with van der Waals surface area (Å²) >= 11 is 0. The van der Waals surface area contributed by atoms with Gasteiger partial charge in [-0.2, -0.15) is 0 Å². The number of piperidine rings is 1. The van der Waals surface area contributed by atoms with E-state index < -0.39 is 0 Å². The summed E-state index contributed by atoms with van der Waals surface area (Å²) in [5, 5.41) is 3.47. The molecule has 0 amide bonds. The second-order valence-corrected chi connectivity index (χ2v) is 5.59. The van der Waals surface area contributed by atoms with Gasteiger partial charge in [-0.15, -0.1) is 0 Å². The Bertz CT molecular complexity index is 455. The second-order valence-electron chi connectivity index (χ2n) is 5.59. The Balaban J connectivity index is 1.83. The fourth-order valence-electron chi connectivity index (χ4n) is 3.09. The molecule has 1 N–H and O–H groups in total. The van der Waals surface area contributed by atoms with Gasteiger partial charge in [0, 0.05) is 12.7 Å². The predicted octanol–water partition coefficient (Wildman–Crippen LogP) is 2.15. The largest absolute Gasteiger partial charge is 0.486 e. The van der Waals surface area contributed by atoms with Gasteiger partial charge in [-0.05, 0) is 43.8 Å². The third-order valence-corrected chi connectivity index (χ3v) is 4.06. The molecule has 0 spiro atoms. The number of benzene rings is 1. The Kier molecular flexibility index (Phi) is 4.43. The molecule has 1 saturated heterocycles. The molecule has 1 aromatic carbocycles. The van der Waals surface area contributed by atoms with Gasteiger partial charge in [0.2, 0.25) is 0 Å². The van der Waals surface area contributed by atoms with Crippen LogP contribution in [0.25, 0.3) is 0 Å². The topological polar surface area (TPSA) is 39.7 Å². The second kappa shape index (κ2) is 6.46. The molecule has 1 aromatic rings. The zero-order chi connectivity index (χ0) is 13.8. The maximum Gasteiger partial charge on any atom is 0.167 e. The van der Waals surface area contributed by atoms with Crippen molar-refractivity contribution < 1.29 is 14.2 Å². The first-order valence-corrected chi connectivity index (χ1v) is 7.48. The Morgan fingerprint density at radius 3 is 2.65 bits per heavy atom. The van der Waals surface area contributed by atoms with E-state index in [4.69, 9.17) is 14.2 Å². The predicted molar refractivity (Wildman–Crippen MR) is 77.4 cm³/mol. The zero-order valence-corrected chi connectivity index (χ0v) is 12.1. The molecule has 3 rings (SSSR count). The fraction of sp³-hybridized carbons (Fsp3) is 0.625. The van der Waals surface area contributed by atoms with Gasteiger partial charge in [0.15, 0.2) is 11.5 Å². The summed E-state index contributed by atoms with van der Waals surface area (Å²) in [6, 6.07) is 4.29. The summed E-state index contributed by atoms with van der Waals surface area (Å²) in [6.45, 7) is 4.09. The minimum Gasteiger partial charge on any atom is -0.486 e. The van der Waals surface area contributed by atoms with Crippen molar-refractivity contribution in [1.82, 2.24) is 5.32 Å². The highest BCUT2D eigenvalue weighted by molar-refractivity contribution is 5.52. The van der Waals surface area contributed by atoms with E-state index in [1.807, 2.05) is 0 Å². The summed E-state index contributed by atoms with van der Waals surface area (Å²) < 4.78 is 16.9.